The number of hydrogen-bond donors (Lipinski definition) is 2. The standard InChI is InChI=1S/C17H18F2N2O2/c1-2-14(21-10-15(20)22)12-8-9-13(18)17(16(12)19)23-11-6-4-3-5-7-11/h3-9,14,21H,2,10H2,1H3,(H2,20,22)/t14-/m0/s1. The molecule has 0 saturated heterocycles. The van der Waals surface area contributed by atoms with Gasteiger partial charge in [-0.3, -0.25) is 4.79 Å². The van der Waals surface area contributed by atoms with Gasteiger partial charge in [-0.25, -0.2) is 8.78 Å². The number of nitrogens with one attached hydrogen (secondary N) is 1. The molecule has 0 aliphatic heterocycles. The van der Waals surface area contributed by atoms with Gasteiger partial charge in [0.05, 0.1) is 6.54 Å². The van der Waals surface area contributed by atoms with Gasteiger partial charge in [-0.1, -0.05) is 31.2 Å². The number of amides is 1. The maximum Gasteiger partial charge on any atom is 0.231 e. The Kier molecular flexibility index (Phi) is 5.65. The molecule has 1 amide bonds. The number of primary amides is 1. The zero-order chi connectivity index (χ0) is 16.8. The fraction of sp³-hybridized carbons (Fsp3) is 0.235. The summed E-state index contributed by atoms with van der Waals surface area (Å²) in [7, 11) is 0. The first-order valence-corrected chi connectivity index (χ1v) is 7.25. The lowest BCUT2D eigenvalue weighted by Gasteiger charge is -2.19. The molecule has 2 aromatic carbocycles. The van der Waals surface area contributed by atoms with E-state index in [1.165, 1.54) is 6.07 Å². The molecule has 0 aliphatic carbocycles. The second-order valence-corrected chi connectivity index (χ2v) is 5.00. The van der Waals surface area contributed by atoms with Crippen molar-refractivity contribution in [3.05, 3.63) is 59.7 Å². The Morgan fingerprint density at radius 3 is 2.52 bits per heavy atom. The van der Waals surface area contributed by atoms with Crippen molar-refractivity contribution in [2.24, 2.45) is 5.73 Å². The summed E-state index contributed by atoms with van der Waals surface area (Å²) in [6.45, 7) is 1.73. The minimum atomic E-state index is -0.794. The van der Waals surface area contributed by atoms with E-state index in [9.17, 15) is 13.6 Å². The number of carbonyl (C=O) groups is 1. The zero-order valence-corrected chi connectivity index (χ0v) is 12.7. The maximum atomic E-state index is 14.7. The third kappa shape index (κ3) is 4.26. The summed E-state index contributed by atoms with van der Waals surface area (Å²) in [6.07, 6.45) is 0.501. The van der Waals surface area contributed by atoms with Crippen molar-refractivity contribution in [2.45, 2.75) is 19.4 Å². The first kappa shape index (κ1) is 16.9. The zero-order valence-electron chi connectivity index (χ0n) is 12.7. The molecule has 0 heterocycles. The molecule has 0 unspecified atom stereocenters. The van der Waals surface area contributed by atoms with Crippen LogP contribution in [-0.2, 0) is 4.79 Å². The van der Waals surface area contributed by atoms with Crippen LogP contribution in [0.1, 0.15) is 24.9 Å². The number of benzene rings is 2. The molecule has 3 N–H and O–H groups in total. The van der Waals surface area contributed by atoms with Crippen LogP contribution in [0.4, 0.5) is 8.78 Å². The van der Waals surface area contributed by atoms with Crippen LogP contribution in [0.3, 0.4) is 0 Å². The summed E-state index contributed by atoms with van der Waals surface area (Å²) >= 11 is 0. The second-order valence-electron chi connectivity index (χ2n) is 5.00. The van der Waals surface area contributed by atoms with E-state index >= 15 is 0 Å². The Balaban J connectivity index is 2.31. The van der Waals surface area contributed by atoms with E-state index in [1.54, 1.807) is 30.3 Å². The molecule has 2 aromatic rings. The molecule has 0 saturated carbocycles. The molecule has 23 heavy (non-hydrogen) atoms. The van der Waals surface area contributed by atoms with Crippen LogP contribution in [0.25, 0.3) is 0 Å². The molecule has 1 atom stereocenters. The SMILES string of the molecule is CC[C@H](NCC(N)=O)c1ccc(F)c(Oc2ccccc2)c1F. The largest absolute Gasteiger partial charge is 0.451 e. The molecule has 4 nitrogen and oxygen atoms in total. The molecule has 122 valence electrons. The fourth-order valence-corrected chi connectivity index (χ4v) is 2.21. The van der Waals surface area contributed by atoms with Crippen molar-refractivity contribution in [1.29, 1.82) is 0 Å². The molecular weight excluding hydrogens is 302 g/mol. The minimum absolute atomic E-state index is 0.0931. The minimum Gasteiger partial charge on any atom is -0.451 e. The molecule has 0 spiro atoms. The summed E-state index contributed by atoms with van der Waals surface area (Å²) < 4.78 is 33.9. The Labute approximate surface area is 133 Å². The van der Waals surface area contributed by atoms with Crippen LogP contribution < -0.4 is 15.8 Å². The van der Waals surface area contributed by atoms with Gasteiger partial charge >= 0.3 is 0 Å². The number of hydrogen-bond acceptors (Lipinski definition) is 3. The number of halogens is 2. The third-order valence-corrected chi connectivity index (χ3v) is 3.35. The summed E-state index contributed by atoms with van der Waals surface area (Å²) in [6, 6.07) is 10.4. The summed E-state index contributed by atoms with van der Waals surface area (Å²) in [5, 5.41) is 2.84. The fourth-order valence-electron chi connectivity index (χ4n) is 2.21. The number of ether oxygens (including phenoxy) is 1. The van der Waals surface area contributed by atoms with Gasteiger partial charge in [0.2, 0.25) is 5.91 Å². The molecule has 0 bridgehead atoms. The highest BCUT2D eigenvalue weighted by Crippen LogP contribution is 2.32. The second kappa shape index (κ2) is 7.69. The molecule has 0 fully saturated rings. The number of nitrogens with two attached hydrogens (primary N) is 1. The monoisotopic (exact) mass is 320 g/mol. The van der Waals surface area contributed by atoms with Gasteiger partial charge in [0.25, 0.3) is 0 Å². The molecule has 0 radical (unpaired) electrons. The van der Waals surface area contributed by atoms with Gasteiger partial charge in [0, 0.05) is 11.6 Å². The number of carbonyl (C=O) groups excluding carboxylic acids is 1. The average Bonchev–Trinajstić information content (AvgIpc) is 2.54. The normalized spacial score (nSPS) is 12.0. The Morgan fingerprint density at radius 1 is 1.22 bits per heavy atom. The van der Waals surface area contributed by atoms with Gasteiger partial charge < -0.3 is 15.8 Å². The molecule has 2 rings (SSSR count). The van der Waals surface area contributed by atoms with Crippen molar-refractivity contribution < 1.29 is 18.3 Å². The number of rotatable bonds is 7. The van der Waals surface area contributed by atoms with E-state index in [2.05, 4.69) is 5.32 Å². The highest BCUT2D eigenvalue weighted by Gasteiger charge is 2.21. The summed E-state index contributed by atoms with van der Waals surface area (Å²) in [4.78, 5) is 10.9. The van der Waals surface area contributed by atoms with Crippen molar-refractivity contribution in [3.63, 3.8) is 0 Å². The van der Waals surface area contributed by atoms with E-state index in [-0.39, 0.29) is 12.1 Å². The van der Waals surface area contributed by atoms with E-state index < -0.39 is 29.3 Å². The van der Waals surface area contributed by atoms with Crippen molar-refractivity contribution >= 4 is 5.91 Å². The molecule has 0 aromatic heterocycles. The third-order valence-electron chi connectivity index (χ3n) is 3.35. The van der Waals surface area contributed by atoms with Crippen molar-refractivity contribution in [1.82, 2.24) is 5.32 Å². The lowest BCUT2D eigenvalue weighted by Crippen LogP contribution is -2.32. The van der Waals surface area contributed by atoms with Gasteiger partial charge in [-0.15, -0.1) is 0 Å². The number of para-hydroxylation sites is 1. The quantitative estimate of drug-likeness (QED) is 0.823. The van der Waals surface area contributed by atoms with Gasteiger partial charge in [-0.05, 0) is 24.6 Å². The van der Waals surface area contributed by atoms with Crippen LogP contribution in [0.5, 0.6) is 11.5 Å². The lowest BCUT2D eigenvalue weighted by molar-refractivity contribution is -0.117. The maximum absolute atomic E-state index is 14.7. The van der Waals surface area contributed by atoms with Crippen LogP contribution in [-0.4, -0.2) is 12.5 Å². The van der Waals surface area contributed by atoms with Gasteiger partial charge in [0.15, 0.2) is 17.4 Å². The summed E-state index contributed by atoms with van der Waals surface area (Å²) in [5.41, 5.74) is 5.31. The highest BCUT2D eigenvalue weighted by atomic mass is 19.1. The van der Waals surface area contributed by atoms with E-state index in [4.69, 9.17) is 10.5 Å². The van der Waals surface area contributed by atoms with E-state index in [0.717, 1.165) is 6.07 Å². The summed E-state index contributed by atoms with van der Waals surface area (Å²) in [5.74, 6) is -2.27. The topological polar surface area (TPSA) is 64.3 Å². The Bertz CT molecular complexity index is 678. The van der Waals surface area contributed by atoms with Gasteiger partial charge in [0.1, 0.15) is 5.75 Å². The predicted molar refractivity (Wildman–Crippen MR) is 83.1 cm³/mol. The van der Waals surface area contributed by atoms with Crippen LogP contribution in [0, 0.1) is 11.6 Å². The Morgan fingerprint density at radius 2 is 1.91 bits per heavy atom. The average molecular weight is 320 g/mol. The molecular formula is C17H18F2N2O2. The first-order chi connectivity index (χ1) is 11.0. The lowest BCUT2D eigenvalue weighted by atomic mass is 10.0. The van der Waals surface area contributed by atoms with E-state index in [1.807, 2.05) is 6.92 Å². The first-order valence-electron chi connectivity index (χ1n) is 7.25. The van der Waals surface area contributed by atoms with Crippen molar-refractivity contribution in [2.75, 3.05) is 6.54 Å². The molecule has 6 heteroatoms. The van der Waals surface area contributed by atoms with Crippen molar-refractivity contribution in [3.8, 4) is 11.5 Å². The molecule has 0 aliphatic rings. The highest BCUT2D eigenvalue weighted by molar-refractivity contribution is 5.75. The van der Waals surface area contributed by atoms with E-state index in [0.29, 0.717) is 12.2 Å². The smallest absolute Gasteiger partial charge is 0.231 e. The van der Waals surface area contributed by atoms with Gasteiger partial charge in [-0.2, -0.15) is 0 Å². The van der Waals surface area contributed by atoms with Crippen LogP contribution >= 0.6 is 0 Å². The Hall–Kier alpha value is -2.47. The predicted octanol–water partition coefficient (Wildman–Crippen LogP) is 3.28. The van der Waals surface area contributed by atoms with Crippen LogP contribution in [0.2, 0.25) is 0 Å². The van der Waals surface area contributed by atoms with Crippen LogP contribution in [0.15, 0.2) is 42.5 Å².